The predicted molar refractivity (Wildman–Crippen MR) is 87.0 cm³/mol. The SMILES string of the molecule is O=C1CC[C@H]2c3ccc(O)c4c3[C@@H](CCC4=O)c3ccc(O)c1c32. The van der Waals surface area contributed by atoms with Crippen molar-refractivity contribution in [3.05, 3.63) is 57.6 Å². The predicted octanol–water partition coefficient (Wildman–Crippen LogP) is 3.63. The average Bonchev–Trinajstić information content (AvgIpc) is 2.57. The molecule has 0 saturated heterocycles. The second-order valence-corrected chi connectivity index (χ2v) is 6.95. The number of ketones is 2. The van der Waals surface area contributed by atoms with Crippen molar-refractivity contribution >= 4 is 11.6 Å². The molecule has 2 atom stereocenters. The van der Waals surface area contributed by atoms with Crippen LogP contribution in [-0.4, -0.2) is 21.8 Å². The van der Waals surface area contributed by atoms with E-state index in [2.05, 4.69) is 0 Å². The summed E-state index contributed by atoms with van der Waals surface area (Å²) in [6.45, 7) is 0. The van der Waals surface area contributed by atoms with E-state index in [9.17, 15) is 19.8 Å². The Labute approximate surface area is 138 Å². The smallest absolute Gasteiger partial charge is 0.166 e. The summed E-state index contributed by atoms with van der Waals surface area (Å²) in [5, 5.41) is 20.5. The van der Waals surface area contributed by atoms with Crippen LogP contribution in [0.3, 0.4) is 0 Å². The number of Topliss-reactive ketones (excluding diaryl/α,β-unsaturated/α-hetero) is 2. The number of fused-ring (bicyclic) bond motifs is 2. The Morgan fingerprint density at radius 3 is 1.54 bits per heavy atom. The lowest BCUT2D eigenvalue weighted by Crippen LogP contribution is -2.29. The van der Waals surface area contributed by atoms with Crippen LogP contribution >= 0.6 is 0 Å². The zero-order valence-corrected chi connectivity index (χ0v) is 13.0. The fourth-order valence-electron chi connectivity index (χ4n) is 4.90. The summed E-state index contributed by atoms with van der Waals surface area (Å²) in [5.41, 5.74) is 4.87. The lowest BCUT2D eigenvalue weighted by atomic mass is 9.62. The van der Waals surface area contributed by atoms with Crippen LogP contribution in [0, 0.1) is 0 Å². The second-order valence-electron chi connectivity index (χ2n) is 6.95. The van der Waals surface area contributed by atoms with E-state index in [1.54, 1.807) is 12.1 Å². The van der Waals surface area contributed by atoms with Crippen molar-refractivity contribution in [2.45, 2.75) is 37.5 Å². The number of phenols is 2. The number of hydrogen-bond donors (Lipinski definition) is 2. The molecule has 0 amide bonds. The van der Waals surface area contributed by atoms with Gasteiger partial charge in [-0.05, 0) is 47.2 Å². The van der Waals surface area contributed by atoms with Gasteiger partial charge in [0.25, 0.3) is 0 Å². The van der Waals surface area contributed by atoms with Crippen molar-refractivity contribution < 1.29 is 19.8 Å². The molecule has 3 aliphatic carbocycles. The van der Waals surface area contributed by atoms with E-state index in [0.717, 1.165) is 22.3 Å². The largest absolute Gasteiger partial charge is 0.507 e. The van der Waals surface area contributed by atoms with Crippen molar-refractivity contribution in [3.8, 4) is 11.5 Å². The molecule has 120 valence electrons. The van der Waals surface area contributed by atoms with Crippen LogP contribution in [0.2, 0.25) is 0 Å². The zero-order valence-electron chi connectivity index (χ0n) is 13.0. The molecule has 0 aliphatic heterocycles. The maximum absolute atomic E-state index is 12.4. The fourth-order valence-corrected chi connectivity index (χ4v) is 4.90. The maximum Gasteiger partial charge on any atom is 0.166 e. The van der Waals surface area contributed by atoms with Gasteiger partial charge in [-0.25, -0.2) is 0 Å². The van der Waals surface area contributed by atoms with Gasteiger partial charge in [-0.3, -0.25) is 9.59 Å². The van der Waals surface area contributed by atoms with Crippen LogP contribution in [0.4, 0.5) is 0 Å². The van der Waals surface area contributed by atoms with Crippen molar-refractivity contribution in [2.24, 2.45) is 0 Å². The molecule has 4 heteroatoms. The van der Waals surface area contributed by atoms with Gasteiger partial charge >= 0.3 is 0 Å². The molecule has 2 aromatic rings. The van der Waals surface area contributed by atoms with Gasteiger partial charge in [-0.1, -0.05) is 12.1 Å². The maximum atomic E-state index is 12.4. The Kier molecular flexibility index (Phi) is 2.57. The second kappa shape index (κ2) is 4.47. The highest BCUT2D eigenvalue weighted by atomic mass is 16.3. The first kappa shape index (κ1) is 13.8. The van der Waals surface area contributed by atoms with E-state index in [0.29, 0.717) is 36.8 Å². The van der Waals surface area contributed by atoms with E-state index in [4.69, 9.17) is 0 Å². The van der Waals surface area contributed by atoms with Gasteiger partial charge in [-0.2, -0.15) is 0 Å². The lowest BCUT2D eigenvalue weighted by molar-refractivity contribution is 0.0951. The van der Waals surface area contributed by atoms with Crippen molar-refractivity contribution in [3.63, 3.8) is 0 Å². The van der Waals surface area contributed by atoms with E-state index in [-0.39, 0.29) is 34.9 Å². The van der Waals surface area contributed by atoms with Crippen LogP contribution in [0.25, 0.3) is 0 Å². The molecule has 0 unspecified atom stereocenters. The molecule has 24 heavy (non-hydrogen) atoms. The minimum absolute atomic E-state index is 0.00469. The summed E-state index contributed by atoms with van der Waals surface area (Å²) in [5.74, 6) is 0.119. The zero-order chi connectivity index (χ0) is 16.6. The molecule has 2 aromatic carbocycles. The number of carbonyl (C=O) groups is 2. The Morgan fingerprint density at radius 2 is 1.12 bits per heavy atom. The van der Waals surface area contributed by atoms with Crippen molar-refractivity contribution in [2.75, 3.05) is 0 Å². The number of rotatable bonds is 0. The number of carbonyl (C=O) groups excluding carboxylic acids is 2. The minimum atomic E-state index is -0.00469. The molecule has 0 fully saturated rings. The molecular formula is C20H16O4. The van der Waals surface area contributed by atoms with Gasteiger partial charge in [0.05, 0.1) is 11.1 Å². The lowest BCUT2D eigenvalue weighted by Gasteiger charge is -2.40. The quantitative estimate of drug-likeness (QED) is 0.777. The molecule has 3 aliphatic rings. The summed E-state index contributed by atoms with van der Waals surface area (Å²) < 4.78 is 0. The van der Waals surface area contributed by atoms with Crippen LogP contribution in [-0.2, 0) is 0 Å². The first-order valence-electron chi connectivity index (χ1n) is 8.36. The number of aromatic hydroxyl groups is 2. The highest BCUT2D eigenvalue weighted by molar-refractivity contribution is 6.04. The Hall–Kier alpha value is -2.62. The van der Waals surface area contributed by atoms with E-state index >= 15 is 0 Å². The first-order valence-corrected chi connectivity index (χ1v) is 8.36. The van der Waals surface area contributed by atoms with Gasteiger partial charge in [0.15, 0.2) is 11.6 Å². The average molecular weight is 320 g/mol. The van der Waals surface area contributed by atoms with Crippen LogP contribution < -0.4 is 0 Å². The van der Waals surface area contributed by atoms with Crippen LogP contribution in [0.1, 0.15) is 80.5 Å². The minimum Gasteiger partial charge on any atom is -0.507 e. The number of hydrogen-bond acceptors (Lipinski definition) is 4. The Morgan fingerprint density at radius 1 is 0.708 bits per heavy atom. The van der Waals surface area contributed by atoms with Gasteiger partial charge in [0.2, 0.25) is 0 Å². The van der Waals surface area contributed by atoms with Crippen LogP contribution in [0.5, 0.6) is 11.5 Å². The third-order valence-electron chi connectivity index (χ3n) is 5.84. The summed E-state index contributed by atoms with van der Waals surface area (Å²) in [7, 11) is 0. The van der Waals surface area contributed by atoms with Gasteiger partial charge in [-0.15, -0.1) is 0 Å². The van der Waals surface area contributed by atoms with Gasteiger partial charge in [0.1, 0.15) is 11.5 Å². The van der Waals surface area contributed by atoms with E-state index < -0.39 is 0 Å². The molecule has 5 rings (SSSR count). The summed E-state index contributed by atoms with van der Waals surface area (Å²) in [4.78, 5) is 24.8. The summed E-state index contributed by atoms with van der Waals surface area (Å²) in [6.07, 6.45) is 2.15. The molecule has 4 nitrogen and oxygen atoms in total. The molecule has 0 saturated carbocycles. The molecule has 0 aromatic heterocycles. The summed E-state index contributed by atoms with van der Waals surface area (Å²) >= 11 is 0. The monoisotopic (exact) mass is 320 g/mol. The third-order valence-corrected chi connectivity index (χ3v) is 5.84. The summed E-state index contributed by atoms with van der Waals surface area (Å²) in [6, 6.07) is 6.96. The van der Waals surface area contributed by atoms with Gasteiger partial charge in [0, 0.05) is 24.7 Å². The fraction of sp³-hybridized carbons (Fsp3) is 0.300. The normalized spacial score (nSPS) is 23.7. The van der Waals surface area contributed by atoms with Crippen LogP contribution in [0.15, 0.2) is 24.3 Å². The van der Waals surface area contributed by atoms with E-state index in [1.165, 1.54) is 0 Å². The Bertz CT molecular complexity index is 864. The topological polar surface area (TPSA) is 74.6 Å². The number of benzene rings is 2. The highest BCUT2D eigenvalue weighted by Gasteiger charge is 2.43. The molecule has 0 spiro atoms. The molecule has 0 heterocycles. The molecular weight excluding hydrogens is 304 g/mol. The first-order chi connectivity index (χ1) is 11.6. The van der Waals surface area contributed by atoms with Crippen molar-refractivity contribution in [1.29, 1.82) is 0 Å². The molecule has 2 N–H and O–H groups in total. The molecule has 0 bridgehead atoms. The molecule has 0 radical (unpaired) electrons. The van der Waals surface area contributed by atoms with Gasteiger partial charge < -0.3 is 10.2 Å². The standard InChI is InChI=1S/C20H16O4/c21-13-5-1-9-10-2-6-15(23)20-16(24)8-4-12(18(10)20)11-3-7-14(22)19(13)17(9)11/h1,4-5,8,10-11,21,24H,2-3,6-7H2/t10-,11-/m0/s1. The number of phenolic OH excluding ortho intramolecular Hbond substituents is 2. The van der Waals surface area contributed by atoms with Crippen molar-refractivity contribution in [1.82, 2.24) is 0 Å². The highest BCUT2D eigenvalue weighted by Crippen LogP contribution is 2.55. The Balaban J connectivity index is 1.89. The third kappa shape index (κ3) is 1.53. The van der Waals surface area contributed by atoms with E-state index in [1.807, 2.05) is 12.1 Å².